The van der Waals surface area contributed by atoms with Gasteiger partial charge in [-0.15, -0.1) is 0 Å². The number of aryl methyl sites for hydroxylation is 1. The van der Waals surface area contributed by atoms with Crippen molar-refractivity contribution in [3.05, 3.63) is 93.0 Å². The van der Waals surface area contributed by atoms with E-state index in [1.165, 1.54) is 30.7 Å². The van der Waals surface area contributed by atoms with Gasteiger partial charge in [-0.3, -0.25) is 18.9 Å². The Hall–Kier alpha value is -5.49. The molecule has 5 aromatic rings. The first kappa shape index (κ1) is 38.8. The monoisotopic (exact) mass is 808 g/mol. The van der Waals surface area contributed by atoms with Gasteiger partial charge in [-0.2, -0.15) is 24.2 Å². The van der Waals surface area contributed by atoms with Gasteiger partial charge in [0.05, 0.1) is 33.9 Å². The highest BCUT2D eigenvalue weighted by molar-refractivity contribution is 7.92. The molecule has 3 heterocycles. The number of halogens is 5. The van der Waals surface area contributed by atoms with Gasteiger partial charge in [0.25, 0.3) is 5.92 Å². The third-order valence-corrected chi connectivity index (χ3v) is 10.7. The van der Waals surface area contributed by atoms with Gasteiger partial charge in [-0.1, -0.05) is 23.6 Å². The van der Waals surface area contributed by atoms with E-state index in [9.17, 15) is 32.4 Å². The average Bonchev–Trinajstić information content (AvgIpc) is 3.63. The van der Waals surface area contributed by atoms with Gasteiger partial charge in [0.1, 0.15) is 41.2 Å². The lowest BCUT2D eigenvalue weighted by atomic mass is 9.73. The van der Waals surface area contributed by atoms with E-state index in [0.717, 1.165) is 23.1 Å². The van der Waals surface area contributed by atoms with Crippen LogP contribution in [0.1, 0.15) is 72.6 Å². The van der Waals surface area contributed by atoms with Crippen LogP contribution in [0.4, 0.5) is 23.4 Å². The minimum Gasteiger partial charge on any atom is -0.378 e. The molecule has 0 bridgehead atoms. The van der Waals surface area contributed by atoms with Crippen molar-refractivity contribution in [1.29, 1.82) is 5.26 Å². The van der Waals surface area contributed by atoms with Gasteiger partial charge in [0.2, 0.25) is 15.9 Å². The number of sulfonamides is 1. The highest BCUT2D eigenvalue weighted by Gasteiger charge is 2.61. The number of aliphatic hydroxyl groups is 1. The predicted octanol–water partition coefficient (Wildman–Crippen LogP) is 5.83. The number of rotatable bonds is 9. The van der Waals surface area contributed by atoms with Crippen LogP contribution >= 0.6 is 11.6 Å². The Morgan fingerprint density at radius 3 is 2.45 bits per heavy atom. The van der Waals surface area contributed by atoms with Gasteiger partial charge < -0.3 is 10.4 Å². The fourth-order valence-corrected chi connectivity index (χ4v) is 8.22. The molecule has 2 aromatic carbocycles. The first-order valence-electron chi connectivity index (χ1n) is 17.3. The van der Waals surface area contributed by atoms with E-state index in [-0.39, 0.29) is 57.3 Å². The Kier molecular flexibility index (Phi) is 9.63. The Bertz CT molecular complexity index is 2650. The van der Waals surface area contributed by atoms with Crippen molar-refractivity contribution in [2.24, 2.45) is 13.0 Å². The molecular formula is C38H33ClF4N8O4S. The van der Waals surface area contributed by atoms with Gasteiger partial charge in [-0.25, -0.2) is 22.2 Å². The first-order chi connectivity index (χ1) is 26.2. The molecule has 3 atom stereocenters. The minimum absolute atomic E-state index is 0.0622. The van der Waals surface area contributed by atoms with Gasteiger partial charge in [-0.05, 0) is 80.8 Å². The zero-order chi connectivity index (χ0) is 40.5. The molecule has 2 aliphatic rings. The minimum atomic E-state index is -3.80. The van der Waals surface area contributed by atoms with Crippen molar-refractivity contribution < 1.29 is 35.9 Å². The van der Waals surface area contributed by atoms with Crippen LogP contribution in [0.5, 0.6) is 0 Å². The summed E-state index contributed by atoms with van der Waals surface area (Å²) in [4.78, 5) is 18.8. The lowest BCUT2D eigenvalue weighted by molar-refractivity contribution is -0.123. The molecule has 290 valence electrons. The second-order valence-electron chi connectivity index (χ2n) is 14.5. The van der Waals surface area contributed by atoms with Crippen molar-refractivity contribution in [3.63, 3.8) is 0 Å². The maximum atomic E-state index is 15.6. The van der Waals surface area contributed by atoms with E-state index in [1.54, 1.807) is 19.2 Å². The Morgan fingerprint density at radius 1 is 1.12 bits per heavy atom. The summed E-state index contributed by atoms with van der Waals surface area (Å²) in [6.45, 7) is 2.20. The number of hydrogen-bond acceptors (Lipinski definition) is 8. The molecule has 0 aliphatic heterocycles. The largest absolute Gasteiger partial charge is 0.378 e. The first-order valence-corrected chi connectivity index (χ1v) is 19.5. The quantitative estimate of drug-likeness (QED) is 0.124. The van der Waals surface area contributed by atoms with E-state index in [1.807, 2.05) is 6.07 Å². The molecular weight excluding hydrogens is 776 g/mol. The molecule has 0 radical (unpaired) electrons. The lowest BCUT2D eigenvalue weighted by Gasteiger charge is -2.34. The summed E-state index contributed by atoms with van der Waals surface area (Å²) >= 11 is 6.60. The van der Waals surface area contributed by atoms with Crippen LogP contribution in [0.15, 0.2) is 42.5 Å². The van der Waals surface area contributed by atoms with Crippen LogP contribution in [0, 0.1) is 40.7 Å². The number of anilines is 1. The molecule has 3 N–H and O–H groups in total. The van der Waals surface area contributed by atoms with Crippen LogP contribution in [-0.4, -0.2) is 55.8 Å². The number of carbonyl (C=O) groups excluding carboxylic acids is 1. The molecule has 2 aliphatic carbocycles. The molecule has 0 saturated heterocycles. The second-order valence-corrected chi connectivity index (χ2v) is 16.7. The van der Waals surface area contributed by atoms with E-state index >= 15 is 8.78 Å². The molecule has 56 heavy (non-hydrogen) atoms. The molecule has 7 rings (SSSR count). The summed E-state index contributed by atoms with van der Waals surface area (Å²) in [5, 5.41) is 31.7. The molecule has 1 amide bonds. The lowest BCUT2D eigenvalue weighted by Crippen LogP contribution is -2.36. The normalized spacial score (nSPS) is 17.6. The van der Waals surface area contributed by atoms with Crippen molar-refractivity contribution in [1.82, 2.24) is 29.9 Å². The van der Waals surface area contributed by atoms with Crippen molar-refractivity contribution >= 4 is 44.3 Å². The molecule has 0 spiro atoms. The summed E-state index contributed by atoms with van der Waals surface area (Å²) in [5.41, 5.74) is -0.558. The number of amides is 1. The number of carbonyl (C=O) groups is 1. The maximum Gasteiger partial charge on any atom is 0.293 e. The number of nitrogens with one attached hydrogen (secondary N) is 2. The smallest absolute Gasteiger partial charge is 0.293 e. The summed E-state index contributed by atoms with van der Waals surface area (Å²) in [5.74, 6) is -2.08. The van der Waals surface area contributed by atoms with Gasteiger partial charge in [0.15, 0.2) is 11.5 Å². The van der Waals surface area contributed by atoms with E-state index in [0.29, 0.717) is 29.1 Å². The number of nitrogens with zero attached hydrogens (tertiary/aromatic N) is 6. The third kappa shape index (κ3) is 7.30. The molecule has 3 aromatic heterocycles. The predicted molar refractivity (Wildman–Crippen MR) is 198 cm³/mol. The summed E-state index contributed by atoms with van der Waals surface area (Å²) in [7, 11) is -2.25. The Balaban J connectivity index is 1.39. The van der Waals surface area contributed by atoms with Crippen LogP contribution in [0.2, 0.25) is 5.02 Å². The van der Waals surface area contributed by atoms with Crippen molar-refractivity contribution in [2.75, 3.05) is 11.0 Å². The molecule has 0 unspecified atom stereocenters. The number of fused-ring (bicyclic) bond motifs is 4. The fourth-order valence-electron chi connectivity index (χ4n) is 7.48. The van der Waals surface area contributed by atoms with E-state index in [2.05, 4.69) is 32.1 Å². The van der Waals surface area contributed by atoms with Crippen LogP contribution in [-0.2, 0) is 40.8 Å². The SMILES string of the molecule is Cn1nc(NS(C)(=O)=O)c2c(Cl)ccc(-c3ccc(C#CC(C)(C)O)nc3[C@H](Cc3cc(F)cc(F)c3)NC(=O)Cn3nc(C#N)c4c3C(F)(F)[C@@H]3CC[C@H]43)c21. The summed E-state index contributed by atoms with van der Waals surface area (Å²) in [6.07, 6.45) is 1.41. The highest BCUT2D eigenvalue weighted by atomic mass is 35.5. The maximum absolute atomic E-state index is 15.6. The molecule has 1 fully saturated rings. The molecule has 12 nitrogen and oxygen atoms in total. The Labute approximate surface area is 323 Å². The van der Waals surface area contributed by atoms with Gasteiger partial charge >= 0.3 is 0 Å². The molecule has 1 saturated carbocycles. The Morgan fingerprint density at radius 2 is 1.82 bits per heavy atom. The number of alkyl halides is 2. The van der Waals surface area contributed by atoms with Crippen LogP contribution < -0.4 is 10.0 Å². The third-order valence-electron chi connectivity index (χ3n) is 9.77. The summed E-state index contributed by atoms with van der Waals surface area (Å²) in [6, 6.07) is 9.75. The fraction of sp³-hybridized carbons (Fsp3) is 0.342. The van der Waals surface area contributed by atoms with Crippen LogP contribution in [0.25, 0.3) is 22.0 Å². The second kappa shape index (κ2) is 13.9. The standard InChI is InChI=1S/C38H33ClF4N8O4S/c1-37(2,53)12-11-22-5-6-23(24-8-10-27(39)32-34(24)50(3)48-36(32)49-56(4,54)55)33(45-22)28(15-19-13-20(40)16-21(41)14-19)46-30(52)18-51-35-31(29(17-44)47-51)25-7-9-26(25)38(35,42)43/h5-6,8,10,13-14,16,25-26,28,53H,7,9,15,18H2,1-4H3,(H,46,52)(H,48,49)/t25-,26+,28-/m0/s1. The van der Waals surface area contributed by atoms with Crippen LogP contribution in [0.3, 0.4) is 0 Å². The van der Waals surface area contributed by atoms with E-state index in [4.69, 9.17) is 16.6 Å². The topological polar surface area (TPSA) is 168 Å². The van der Waals surface area contributed by atoms with E-state index < -0.39 is 69.2 Å². The van der Waals surface area contributed by atoms with Gasteiger partial charge in [0, 0.05) is 35.7 Å². The number of nitriles is 1. The van der Waals surface area contributed by atoms with Crippen molar-refractivity contribution in [3.8, 4) is 29.0 Å². The zero-order valence-electron chi connectivity index (χ0n) is 30.3. The number of pyridine rings is 1. The van der Waals surface area contributed by atoms with Crippen molar-refractivity contribution in [2.45, 2.75) is 63.1 Å². The zero-order valence-corrected chi connectivity index (χ0v) is 31.8. The highest BCUT2D eigenvalue weighted by Crippen LogP contribution is 2.62. The number of hydrogen-bond donors (Lipinski definition) is 3. The average molecular weight is 809 g/mol. The number of aromatic nitrogens is 5. The molecule has 18 heteroatoms. The number of benzene rings is 2. The summed E-state index contributed by atoms with van der Waals surface area (Å²) < 4.78 is 89.5.